The van der Waals surface area contributed by atoms with Gasteiger partial charge in [-0.15, -0.1) is 0 Å². The standard InChI is InChI=1S/C11H11FO/c1-7-2-3-8(6-11(7)12)9-4-10(13)5-9/h2-3,6,9H,4-5H2,1H3. The van der Waals surface area contributed by atoms with Crippen molar-refractivity contribution in [2.45, 2.75) is 25.7 Å². The Morgan fingerprint density at radius 2 is 2.08 bits per heavy atom. The van der Waals surface area contributed by atoms with Crippen molar-refractivity contribution in [3.8, 4) is 0 Å². The lowest BCUT2D eigenvalue weighted by atomic mass is 9.79. The third-order valence-corrected chi connectivity index (χ3v) is 2.62. The van der Waals surface area contributed by atoms with Crippen molar-refractivity contribution >= 4 is 5.78 Å². The molecule has 2 heteroatoms. The molecule has 0 radical (unpaired) electrons. The van der Waals surface area contributed by atoms with Gasteiger partial charge >= 0.3 is 0 Å². The first-order valence-corrected chi connectivity index (χ1v) is 4.44. The van der Waals surface area contributed by atoms with Crippen molar-refractivity contribution in [2.24, 2.45) is 0 Å². The Balaban J connectivity index is 2.22. The first kappa shape index (κ1) is 8.42. The van der Waals surface area contributed by atoms with Crippen LogP contribution in [0.2, 0.25) is 0 Å². The van der Waals surface area contributed by atoms with E-state index in [9.17, 15) is 9.18 Å². The fourth-order valence-electron chi connectivity index (χ4n) is 1.59. The van der Waals surface area contributed by atoms with Crippen molar-refractivity contribution in [3.63, 3.8) is 0 Å². The normalized spacial score (nSPS) is 17.2. The number of hydrogen-bond acceptors (Lipinski definition) is 1. The Kier molecular flexibility index (Phi) is 1.91. The molecule has 0 atom stereocenters. The first-order chi connectivity index (χ1) is 6.16. The van der Waals surface area contributed by atoms with Crippen LogP contribution >= 0.6 is 0 Å². The zero-order valence-electron chi connectivity index (χ0n) is 7.51. The SMILES string of the molecule is Cc1ccc(C2CC(=O)C2)cc1F. The monoisotopic (exact) mass is 178 g/mol. The second kappa shape index (κ2) is 2.95. The van der Waals surface area contributed by atoms with E-state index < -0.39 is 0 Å². The highest BCUT2D eigenvalue weighted by Gasteiger charge is 2.27. The minimum atomic E-state index is -0.170. The first-order valence-electron chi connectivity index (χ1n) is 4.44. The summed E-state index contributed by atoms with van der Waals surface area (Å²) in [7, 11) is 0. The second-order valence-electron chi connectivity index (χ2n) is 3.65. The van der Waals surface area contributed by atoms with Gasteiger partial charge in [0.2, 0.25) is 0 Å². The van der Waals surface area contributed by atoms with Gasteiger partial charge in [-0.05, 0) is 30.0 Å². The van der Waals surface area contributed by atoms with Crippen molar-refractivity contribution in [2.75, 3.05) is 0 Å². The molecule has 1 fully saturated rings. The number of benzene rings is 1. The maximum atomic E-state index is 13.1. The smallest absolute Gasteiger partial charge is 0.134 e. The summed E-state index contributed by atoms with van der Waals surface area (Å²) in [4.78, 5) is 10.7. The minimum absolute atomic E-state index is 0.170. The molecule has 1 nitrogen and oxygen atoms in total. The summed E-state index contributed by atoms with van der Waals surface area (Å²) in [6.45, 7) is 1.74. The summed E-state index contributed by atoms with van der Waals surface area (Å²) >= 11 is 0. The molecule has 0 amide bonds. The van der Waals surface area contributed by atoms with Crippen LogP contribution in [0.15, 0.2) is 18.2 Å². The number of rotatable bonds is 1. The van der Waals surface area contributed by atoms with Crippen LogP contribution in [0.1, 0.15) is 29.9 Å². The predicted molar refractivity (Wildman–Crippen MR) is 48.1 cm³/mol. The van der Waals surface area contributed by atoms with Crippen LogP contribution in [0, 0.1) is 12.7 Å². The maximum absolute atomic E-state index is 13.1. The molecule has 13 heavy (non-hydrogen) atoms. The van der Waals surface area contributed by atoms with E-state index in [2.05, 4.69) is 0 Å². The van der Waals surface area contributed by atoms with Gasteiger partial charge in [0.05, 0.1) is 0 Å². The number of ketones is 1. The molecular weight excluding hydrogens is 167 g/mol. The number of hydrogen-bond donors (Lipinski definition) is 0. The van der Waals surface area contributed by atoms with Crippen LogP contribution < -0.4 is 0 Å². The Morgan fingerprint density at radius 3 is 2.62 bits per heavy atom. The Bertz CT molecular complexity index is 349. The molecule has 2 rings (SSSR count). The quantitative estimate of drug-likeness (QED) is 0.646. The Labute approximate surface area is 76.6 Å². The van der Waals surface area contributed by atoms with E-state index >= 15 is 0 Å². The third-order valence-electron chi connectivity index (χ3n) is 2.62. The van der Waals surface area contributed by atoms with E-state index in [0.717, 1.165) is 5.56 Å². The molecule has 0 aliphatic heterocycles. The highest BCUT2D eigenvalue weighted by molar-refractivity contribution is 5.86. The lowest BCUT2D eigenvalue weighted by Gasteiger charge is -2.24. The van der Waals surface area contributed by atoms with Crippen LogP contribution in [0.25, 0.3) is 0 Å². The molecule has 0 spiro atoms. The number of aryl methyl sites for hydroxylation is 1. The molecule has 0 bridgehead atoms. The Morgan fingerprint density at radius 1 is 1.38 bits per heavy atom. The maximum Gasteiger partial charge on any atom is 0.134 e. The molecule has 1 aliphatic rings. The van der Waals surface area contributed by atoms with Gasteiger partial charge in [-0.1, -0.05) is 12.1 Å². The molecule has 68 valence electrons. The van der Waals surface area contributed by atoms with E-state index in [0.29, 0.717) is 18.4 Å². The van der Waals surface area contributed by atoms with E-state index in [4.69, 9.17) is 0 Å². The largest absolute Gasteiger partial charge is 0.300 e. The van der Waals surface area contributed by atoms with Gasteiger partial charge in [0.25, 0.3) is 0 Å². The van der Waals surface area contributed by atoms with Crippen LogP contribution in [-0.2, 0) is 4.79 Å². The van der Waals surface area contributed by atoms with Gasteiger partial charge < -0.3 is 0 Å². The molecule has 0 N–H and O–H groups in total. The summed E-state index contributed by atoms with van der Waals surface area (Å²) in [5.41, 5.74) is 1.62. The van der Waals surface area contributed by atoms with E-state index in [1.165, 1.54) is 0 Å². The molecule has 1 aliphatic carbocycles. The predicted octanol–water partition coefficient (Wildman–Crippen LogP) is 2.58. The average molecular weight is 178 g/mol. The molecule has 0 heterocycles. The fraction of sp³-hybridized carbons (Fsp3) is 0.364. The lowest BCUT2D eigenvalue weighted by Crippen LogP contribution is -2.21. The lowest BCUT2D eigenvalue weighted by molar-refractivity contribution is -0.124. The molecule has 0 unspecified atom stereocenters. The highest BCUT2D eigenvalue weighted by Crippen LogP contribution is 2.33. The Hall–Kier alpha value is -1.18. The van der Waals surface area contributed by atoms with Crippen LogP contribution in [0.5, 0.6) is 0 Å². The fourth-order valence-corrected chi connectivity index (χ4v) is 1.59. The van der Waals surface area contributed by atoms with E-state index in [-0.39, 0.29) is 17.5 Å². The van der Waals surface area contributed by atoms with Gasteiger partial charge in [-0.25, -0.2) is 4.39 Å². The van der Waals surface area contributed by atoms with E-state index in [1.54, 1.807) is 19.1 Å². The molecule has 1 saturated carbocycles. The zero-order chi connectivity index (χ0) is 9.42. The van der Waals surface area contributed by atoms with Gasteiger partial charge in [0, 0.05) is 12.8 Å². The average Bonchev–Trinajstić information content (AvgIpc) is 2.05. The number of Topliss-reactive ketones (excluding diaryl/α,β-unsaturated/α-hetero) is 1. The highest BCUT2D eigenvalue weighted by atomic mass is 19.1. The van der Waals surface area contributed by atoms with E-state index in [1.807, 2.05) is 6.07 Å². The number of halogens is 1. The van der Waals surface area contributed by atoms with Gasteiger partial charge in [-0.3, -0.25) is 4.79 Å². The van der Waals surface area contributed by atoms with Crippen LogP contribution in [0.4, 0.5) is 4.39 Å². The zero-order valence-corrected chi connectivity index (χ0v) is 7.51. The minimum Gasteiger partial charge on any atom is -0.300 e. The summed E-state index contributed by atoms with van der Waals surface area (Å²) in [6.07, 6.45) is 1.17. The molecule has 1 aromatic rings. The topological polar surface area (TPSA) is 17.1 Å². The summed E-state index contributed by atoms with van der Waals surface area (Å²) in [5.74, 6) is 0.380. The third kappa shape index (κ3) is 1.48. The van der Waals surface area contributed by atoms with Crippen molar-refractivity contribution in [1.82, 2.24) is 0 Å². The summed E-state index contributed by atoms with van der Waals surface area (Å²) in [5, 5.41) is 0. The van der Waals surface area contributed by atoms with Gasteiger partial charge in [0.15, 0.2) is 0 Å². The van der Waals surface area contributed by atoms with Crippen LogP contribution in [0.3, 0.4) is 0 Å². The molecule has 1 aromatic carbocycles. The van der Waals surface area contributed by atoms with Crippen molar-refractivity contribution in [1.29, 1.82) is 0 Å². The molecule has 0 saturated heterocycles. The molecule has 0 aromatic heterocycles. The molecular formula is C11H11FO. The second-order valence-corrected chi connectivity index (χ2v) is 3.65. The van der Waals surface area contributed by atoms with Crippen molar-refractivity contribution < 1.29 is 9.18 Å². The summed E-state index contributed by atoms with van der Waals surface area (Å²) < 4.78 is 13.1. The van der Waals surface area contributed by atoms with Gasteiger partial charge in [-0.2, -0.15) is 0 Å². The van der Waals surface area contributed by atoms with Crippen LogP contribution in [-0.4, -0.2) is 5.78 Å². The number of carbonyl (C=O) groups excluding carboxylic acids is 1. The number of carbonyl (C=O) groups is 1. The van der Waals surface area contributed by atoms with Crippen molar-refractivity contribution in [3.05, 3.63) is 35.1 Å². The summed E-state index contributed by atoms with van der Waals surface area (Å²) in [6, 6.07) is 5.23. The van der Waals surface area contributed by atoms with Gasteiger partial charge in [0.1, 0.15) is 11.6 Å².